The number of rotatable bonds is 5. The zero-order valence-electron chi connectivity index (χ0n) is 17.9. The minimum Gasteiger partial charge on any atom is -0.366 e. The van der Waals surface area contributed by atoms with Crippen molar-refractivity contribution in [2.45, 2.75) is 26.8 Å². The molecule has 2 N–H and O–H groups in total. The Morgan fingerprint density at radius 1 is 1.00 bits per heavy atom. The molecule has 2 aromatic carbocycles. The molecule has 1 aliphatic heterocycles. The van der Waals surface area contributed by atoms with Gasteiger partial charge in [0.15, 0.2) is 5.78 Å². The summed E-state index contributed by atoms with van der Waals surface area (Å²) in [5.41, 5.74) is 2.34. The number of Topliss-reactive ketones (excluding diaryl/α,β-unsaturated/α-hetero) is 1. The van der Waals surface area contributed by atoms with Crippen molar-refractivity contribution in [3.8, 4) is 0 Å². The second-order valence-corrected chi connectivity index (χ2v) is 7.67. The highest BCUT2D eigenvalue weighted by Gasteiger charge is 2.24. The molecule has 0 bridgehead atoms. The average Bonchev–Trinajstić information content (AvgIpc) is 2.73. The van der Waals surface area contributed by atoms with Crippen molar-refractivity contribution >= 4 is 29.1 Å². The van der Waals surface area contributed by atoms with Gasteiger partial charge in [0.05, 0.1) is 11.7 Å². The second-order valence-electron chi connectivity index (χ2n) is 7.67. The zero-order chi connectivity index (χ0) is 22.5. The van der Waals surface area contributed by atoms with Gasteiger partial charge in [-0.3, -0.25) is 9.59 Å². The number of benzene rings is 2. The smallest absolute Gasteiger partial charge is 0.317 e. The first-order chi connectivity index (χ1) is 14.7. The minimum absolute atomic E-state index is 0.154. The van der Waals surface area contributed by atoms with E-state index < -0.39 is 5.82 Å². The standard InChI is InChI=1S/C23H27FN4O3/c1-15(18-5-4-6-20(13-18)26-17(3)30)25-23(31)28-11-9-27(10-12-28)22-8-7-19(16(2)29)14-21(22)24/h4-8,13-15H,9-12H2,1-3H3,(H,25,31)(H,26,30). The van der Waals surface area contributed by atoms with Crippen LogP contribution in [-0.4, -0.2) is 48.8 Å². The number of amides is 3. The van der Waals surface area contributed by atoms with E-state index in [0.717, 1.165) is 5.56 Å². The van der Waals surface area contributed by atoms with Crippen molar-refractivity contribution in [2.24, 2.45) is 0 Å². The Bertz CT molecular complexity index is 987. The van der Waals surface area contributed by atoms with Crippen LogP contribution in [0.5, 0.6) is 0 Å². The van der Waals surface area contributed by atoms with E-state index in [9.17, 15) is 18.8 Å². The summed E-state index contributed by atoms with van der Waals surface area (Å²) in [4.78, 5) is 38.9. The highest BCUT2D eigenvalue weighted by atomic mass is 19.1. The number of carbonyl (C=O) groups excluding carboxylic acids is 3. The van der Waals surface area contributed by atoms with E-state index in [1.165, 1.54) is 19.9 Å². The van der Waals surface area contributed by atoms with E-state index in [4.69, 9.17) is 0 Å². The summed E-state index contributed by atoms with van der Waals surface area (Å²) in [5.74, 6) is -0.763. The number of halogens is 1. The average molecular weight is 426 g/mol. The lowest BCUT2D eigenvalue weighted by atomic mass is 10.1. The van der Waals surface area contributed by atoms with Gasteiger partial charge < -0.3 is 20.4 Å². The fourth-order valence-electron chi connectivity index (χ4n) is 3.58. The summed E-state index contributed by atoms with van der Waals surface area (Å²) < 4.78 is 14.4. The number of nitrogens with one attached hydrogen (secondary N) is 2. The van der Waals surface area contributed by atoms with Crippen LogP contribution >= 0.6 is 0 Å². The lowest BCUT2D eigenvalue weighted by Crippen LogP contribution is -2.52. The molecule has 3 rings (SSSR count). The van der Waals surface area contributed by atoms with E-state index >= 15 is 0 Å². The molecule has 1 saturated heterocycles. The summed E-state index contributed by atoms with van der Waals surface area (Å²) in [7, 11) is 0. The first kappa shape index (κ1) is 22.3. The number of nitrogens with zero attached hydrogens (tertiary/aromatic N) is 2. The van der Waals surface area contributed by atoms with Gasteiger partial charge in [-0.25, -0.2) is 9.18 Å². The first-order valence-corrected chi connectivity index (χ1v) is 10.2. The number of carbonyl (C=O) groups is 3. The molecule has 3 amide bonds. The quantitative estimate of drug-likeness (QED) is 0.716. The fourth-order valence-corrected chi connectivity index (χ4v) is 3.58. The van der Waals surface area contributed by atoms with E-state index in [-0.39, 0.29) is 23.8 Å². The lowest BCUT2D eigenvalue weighted by Gasteiger charge is -2.36. The Labute approximate surface area is 181 Å². The lowest BCUT2D eigenvalue weighted by molar-refractivity contribution is -0.114. The van der Waals surface area contributed by atoms with Crippen molar-refractivity contribution in [3.63, 3.8) is 0 Å². The molecule has 2 aromatic rings. The predicted molar refractivity (Wildman–Crippen MR) is 118 cm³/mol. The van der Waals surface area contributed by atoms with Gasteiger partial charge in [0.1, 0.15) is 5.82 Å². The highest BCUT2D eigenvalue weighted by molar-refractivity contribution is 5.94. The van der Waals surface area contributed by atoms with Crippen molar-refractivity contribution in [1.29, 1.82) is 0 Å². The number of piperazine rings is 1. The van der Waals surface area contributed by atoms with Crippen LogP contribution in [0, 0.1) is 5.82 Å². The molecule has 1 aliphatic rings. The van der Waals surface area contributed by atoms with Gasteiger partial charge in [0, 0.05) is 44.4 Å². The van der Waals surface area contributed by atoms with Crippen molar-refractivity contribution in [2.75, 3.05) is 36.4 Å². The predicted octanol–water partition coefficient (Wildman–Crippen LogP) is 3.58. The van der Waals surface area contributed by atoms with Gasteiger partial charge >= 0.3 is 6.03 Å². The normalized spacial score (nSPS) is 14.7. The second kappa shape index (κ2) is 9.59. The molecule has 0 saturated carbocycles. The molecule has 1 heterocycles. The monoisotopic (exact) mass is 426 g/mol. The minimum atomic E-state index is -0.432. The van der Waals surface area contributed by atoms with Crippen LogP contribution in [0.4, 0.5) is 20.6 Å². The van der Waals surface area contributed by atoms with Crippen LogP contribution in [0.25, 0.3) is 0 Å². The number of hydrogen-bond acceptors (Lipinski definition) is 4. The molecule has 8 heteroatoms. The van der Waals surface area contributed by atoms with Gasteiger partial charge in [-0.1, -0.05) is 12.1 Å². The van der Waals surface area contributed by atoms with Gasteiger partial charge in [-0.15, -0.1) is 0 Å². The number of anilines is 2. The Kier molecular flexibility index (Phi) is 6.89. The van der Waals surface area contributed by atoms with Crippen LogP contribution in [0.1, 0.15) is 42.7 Å². The number of urea groups is 1. The molecule has 0 aromatic heterocycles. The topological polar surface area (TPSA) is 81.8 Å². The molecule has 0 aliphatic carbocycles. The van der Waals surface area contributed by atoms with Crippen molar-refractivity contribution in [1.82, 2.24) is 10.2 Å². The van der Waals surface area contributed by atoms with Crippen LogP contribution in [0.2, 0.25) is 0 Å². The largest absolute Gasteiger partial charge is 0.366 e. The SMILES string of the molecule is CC(=O)Nc1cccc(C(C)NC(=O)N2CCN(c3ccc(C(C)=O)cc3F)CC2)c1. The fraction of sp³-hybridized carbons (Fsp3) is 0.348. The van der Waals surface area contributed by atoms with E-state index in [0.29, 0.717) is 43.1 Å². The van der Waals surface area contributed by atoms with E-state index in [1.807, 2.05) is 30.0 Å². The van der Waals surface area contributed by atoms with E-state index in [1.54, 1.807) is 23.1 Å². The molecular formula is C23H27FN4O3. The first-order valence-electron chi connectivity index (χ1n) is 10.2. The van der Waals surface area contributed by atoms with Crippen LogP contribution in [0.3, 0.4) is 0 Å². The maximum absolute atomic E-state index is 14.4. The molecular weight excluding hydrogens is 399 g/mol. The molecule has 164 valence electrons. The maximum Gasteiger partial charge on any atom is 0.317 e. The third kappa shape index (κ3) is 5.59. The molecule has 7 nitrogen and oxygen atoms in total. The summed E-state index contributed by atoms with van der Waals surface area (Å²) in [6.07, 6.45) is 0. The maximum atomic E-state index is 14.4. The Balaban J connectivity index is 1.57. The van der Waals surface area contributed by atoms with Crippen LogP contribution < -0.4 is 15.5 Å². The summed E-state index contributed by atoms with van der Waals surface area (Å²) in [6, 6.07) is 11.4. The summed E-state index contributed by atoms with van der Waals surface area (Å²) in [6.45, 7) is 6.64. The van der Waals surface area contributed by atoms with Crippen molar-refractivity contribution < 1.29 is 18.8 Å². The third-order valence-corrected chi connectivity index (χ3v) is 5.31. The summed E-state index contributed by atoms with van der Waals surface area (Å²) >= 11 is 0. The Morgan fingerprint density at radius 2 is 1.71 bits per heavy atom. The van der Waals surface area contributed by atoms with Crippen LogP contribution in [0.15, 0.2) is 42.5 Å². The van der Waals surface area contributed by atoms with Gasteiger partial charge in [-0.05, 0) is 49.7 Å². The van der Waals surface area contributed by atoms with Crippen LogP contribution in [-0.2, 0) is 4.79 Å². The highest BCUT2D eigenvalue weighted by Crippen LogP contribution is 2.23. The molecule has 1 atom stereocenters. The molecule has 0 spiro atoms. The van der Waals surface area contributed by atoms with Gasteiger partial charge in [0.2, 0.25) is 5.91 Å². The van der Waals surface area contributed by atoms with E-state index in [2.05, 4.69) is 10.6 Å². The molecule has 1 unspecified atom stereocenters. The van der Waals surface area contributed by atoms with Gasteiger partial charge in [-0.2, -0.15) is 0 Å². The van der Waals surface area contributed by atoms with Crippen molar-refractivity contribution in [3.05, 3.63) is 59.4 Å². The molecule has 31 heavy (non-hydrogen) atoms. The number of ketones is 1. The van der Waals surface area contributed by atoms with Gasteiger partial charge in [0.25, 0.3) is 0 Å². The third-order valence-electron chi connectivity index (χ3n) is 5.31. The Hall–Kier alpha value is -3.42. The summed E-state index contributed by atoms with van der Waals surface area (Å²) in [5, 5.41) is 5.71. The molecule has 1 fully saturated rings. The Morgan fingerprint density at radius 3 is 2.32 bits per heavy atom. The molecule has 0 radical (unpaired) electrons. The number of hydrogen-bond donors (Lipinski definition) is 2. The zero-order valence-corrected chi connectivity index (χ0v) is 17.9.